The van der Waals surface area contributed by atoms with Gasteiger partial charge in [0.25, 0.3) is 5.95 Å². The molecule has 0 amide bonds. The first-order valence-electron chi connectivity index (χ1n) is 5.98. The summed E-state index contributed by atoms with van der Waals surface area (Å²) >= 11 is 0. The first-order valence-corrected chi connectivity index (χ1v) is 12.8. The smallest absolute Gasteiger partial charge is 0.276 e. The summed E-state index contributed by atoms with van der Waals surface area (Å²) in [6, 6.07) is 0. The molecule has 0 aromatic rings. The molecule has 0 rings (SSSR count). The highest BCUT2D eigenvalue weighted by atomic mass is 28.4. The van der Waals surface area contributed by atoms with Crippen LogP contribution in [0.25, 0.3) is 0 Å². The highest BCUT2D eigenvalue weighted by Crippen LogP contribution is 2.23. The van der Waals surface area contributed by atoms with Crippen LogP contribution in [0.4, 0.5) is 0 Å². The third-order valence-electron chi connectivity index (χ3n) is 1.74. The van der Waals surface area contributed by atoms with Crippen molar-refractivity contribution in [1.29, 1.82) is 0 Å². The third kappa shape index (κ3) is 6.71. The van der Waals surface area contributed by atoms with E-state index in [2.05, 4.69) is 52.4 Å². The Labute approximate surface area is 113 Å². The van der Waals surface area contributed by atoms with E-state index in [9.17, 15) is 0 Å². The average Bonchev–Trinajstić information content (AvgIpc) is 2.12. The maximum absolute atomic E-state index is 5.88. The van der Waals surface area contributed by atoms with Gasteiger partial charge < -0.3 is 13.6 Å². The lowest BCUT2D eigenvalue weighted by atomic mass is 10.2. The molecule has 0 bridgehead atoms. The molecule has 104 valence electrons. The highest BCUT2D eigenvalue weighted by Gasteiger charge is 2.24. The van der Waals surface area contributed by atoms with Gasteiger partial charge in [0.05, 0.1) is 12.7 Å². The van der Waals surface area contributed by atoms with Gasteiger partial charge in [0.2, 0.25) is 16.6 Å². The maximum Gasteiger partial charge on any atom is 0.276 e. The topological polar surface area (TPSA) is 27.7 Å². The van der Waals surface area contributed by atoms with Gasteiger partial charge >= 0.3 is 0 Å². The van der Waals surface area contributed by atoms with E-state index in [1.807, 2.05) is 0 Å². The standard InChI is InChI=1S/C13H26O3Si2/c1-10-12(11(2)15-17(4,5)6)13(14-3)16-18(7,8)9/h10H,1-2H2,3-9H3/b13-12-. The Morgan fingerprint density at radius 1 is 0.944 bits per heavy atom. The molecule has 18 heavy (non-hydrogen) atoms. The highest BCUT2D eigenvalue weighted by molar-refractivity contribution is 6.70. The molecule has 0 aliphatic carbocycles. The van der Waals surface area contributed by atoms with Gasteiger partial charge in [-0.1, -0.05) is 19.2 Å². The lowest BCUT2D eigenvalue weighted by molar-refractivity contribution is 0.142. The third-order valence-corrected chi connectivity index (χ3v) is 3.39. The van der Waals surface area contributed by atoms with Crippen molar-refractivity contribution in [3.8, 4) is 0 Å². The fourth-order valence-electron chi connectivity index (χ4n) is 1.22. The van der Waals surface area contributed by atoms with Crippen molar-refractivity contribution in [3.63, 3.8) is 0 Å². The minimum Gasteiger partial charge on any atom is -0.544 e. The van der Waals surface area contributed by atoms with Crippen LogP contribution in [0.5, 0.6) is 0 Å². The van der Waals surface area contributed by atoms with Crippen LogP contribution in [0, 0.1) is 0 Å². The second-order valence-corrected chi connectivity index (χ2v) is 14.8. The lowest BCUT2D eigenvalue weighted by Gasteiger charge is -2.25. The van der Waals surface area contributed by atoms with Gasteiger partial charge in [-0.15, -0.1) is 0 Å². The molecule has 0 spiro atoms. The maximum atomic E-state index is 5.88. The Kier molecular flexibility index (Phi) is 5.96. The molecule has 0 aliphatic rings. The molecule has 0 aliphatic heterocycles. The SMILES string of the molecule is C=C/C(C(=C)O[Si](C)(C)C)=C(\OC)O[Si](C)(C)C. The van der Waals surface area contributed by atoms with Gasteiger partial charge in [0.1, 0.15) is 5.76 Å². The zero-order chi connectivity index (χ0) is 14.6. The predicted octanol–water partition coefficient (Wildman–Crippen LogP) is 4.25. The molecule has 0 saturated carbocycles. The lowest BCUT2D eigenvalue weighted by Crippen LogP contribution is -2.28. The molecule has 0 atom stereocenters. The number of ether oxygens (including phenoxy) is 1. The van der Waals surface area contributed by atoms with E-state index in [1.165, 1.54) is 0 Å². The summed E-state index contributed by atoms with van der Waals surface area (Å²) in [4.78, 5) is 0. The van der Waals surface area contributed by atoms with Crippen molar-refractivity contribution in [1.82, 2.24) is 0 Å². The van der Waals surface area contributed by atoms with Crippen LogP contribution in [0.2, 0.25) is 39.3 Å². The van der Waals surface area contributed by atoms with Crippen LogP contribution >= 0.6 is 0 Å². The second-order valence-electron chi connectivity index (χ2n) is 5.96. The Morgan fingerprint density at radius 2 is 1.39 bits per heavy atom. The van der Waals surface area contributed by atoms with Gasteiger partial charge in [-0.25, -0.2) is 0 Å². The van der Waals surface area contributed by atoms with Crippen molar-refractivity contribution < 1.29 is 13.6 Å². The first-order chi connectivity index (χ1) is 8.00. The van der Waals surface area contributed by atoms with E-state index in [-0.39, 0.29) is 0 Å². The summed E-state index contributed by atoms with van der Waals surface area (Å²) in [5.41, 5.74) is 0.697. The molecule has 0 unspecified atom stereocenters. The fraction of sp³-hybridized carbons (Fsp3) is 0.538. The van der Waals surface area contributed by atoms with Crippen LogP contribution in [-0.4, -0.2) is 23.7 Å². The van der Waals surface area contributed by atoms with Crippen LogP contribution in [-0.2, 0) is 13.6 Å². The molecule has 0 heterocycles. The van der Waals surface area contributed by atoms with E-state index >= 15 is 0 Å². The van der Waals surface area contributed by atoms with Crippen LogP contribution in [0.1, 0.15) is 0 Å². The van der Waals surface area contributed by atoms with E-state index in [4.69, 9.17) is 13.6 Å². The summed E-state index contributed by atoms with van der Waals surface area (Å²) in [7, 11) is -1.85. The fourth-order valence-corrected chi connectivity index (χ4v) is 2.82. The summed E-state index contributed by atoms with van der Waals surface area (Å²) in [6.45, 7) is 20.3. The van der Waals surface area contributed by atoms with E-state index in [0.29, 0.717) is 17.3 Å². The minimum atomic E-state index is -1.74. The van der Waals surface area contributed by atoms with Crippen molar-refractivity contribution >= 4 is 16.6 Å². The summed E-state index contributed by atoms with van der Waals surface area (Å²) in [5.74, 6) is 1.02. The zero-order valence-corrected chi connectivity index (χ0v) is 14.7. The Bertz CT molecular complexity index is 346. The van der Waals surface area contributed by atoms with Crippen molar-refractivity contribution in [2.75, 3.05) is 7.11 Å². The molecule has 0 aromatic heterocycles. The Hall–Kier alpha value is -0.946. The van der Waals surface area contributed by atoms with Gasteiger partial charge in [0, 0.05) is 0 Å². The summed E-state index contributed by atoms with van der Waals surface area (Å²) < 4.78 is 17.0. The molecule has 0 N–H and O–H groups in total. The summed E-state index contributed by atoms with van der Waals surface area (Å²) in [6.07, 6.45) is 1.67. The zero-order valence-electron chi connectivity index (χ0n) is 12.7. The van der Waals surface area contributed by atoms with E-state index < -0.39 is 16.6 Å². The number of rotatable bonds is 7. The van der Waals surface area contributed by atoms with Gasteiger partial charge in [0.15, 0.2) is 0 Å². The molecular formula is C13H26O3Si2. The average molecular weight is 287 g/mol. The van der Waals surface area contributed by atoms with E-state index in [1.54, 1.807) is 13.2 Å². The monoisotopic (exact) mass is 286 g/mol. The second kappa shape index (κ2) is 6.29. The predicted molar refractivity (Wildman–Crippen MR) is 82.2 cm³/mol. The Balaban J connectivity index is 5.22. The Morgan fingerprint density at radius 3 is 1.67 bits per heavy atom. The number of hydrogen-bond acceptors (Lipinski definition) is 3. The molecular weight excluding hydrogens is 260 g/mol. The molecule has 5 heteroatoms. The molecule has 3 nitrogen and oxygen atoms in total. The number of methoxy groups -OCH3 is 1. The van der Waals surface area contributed by atoms with Crippen LogP contribution in [0.15, 0.2) is 36.5 Å². The van der Waals surface area contributed by atoms with Crippen molar-refractivity contribution in [3.05, 3.63) is 36.5 Å². The van der Waals surface area contributed by atoms with Gasteiger partial charge in [-0.3, -0.25) is 0 Å². The molecule has 0 saturated heterocycles. The molecule has 0 radical (unpaired) electrons. The largest absolute Gasteiger partial charge is 0.544 e. The normalized spacial score (nSPS) is 13.5. The molecule has 0 fully saturated rings. The number of hydrogen-bond donors (Lipinski definition) is 0. The van der Waals surface area contributed by atoms with Crippen LogP contribution in [0.3, 0.4) is 0 Å². The van der Waals surface area contributed by atoms with Crippen molar-refractivity contribution in [2.45, 2.75) is 39.3 Å². The van der Waals surface area contributed by atoms with Gasteiger partial charge in [-0.2, -0.15) is 0 Å². The number of allylic oxidation sites excluding steroid dienone is 1. The first kappa shape index (κ1) is 17.1. The quantitative estimate of drug-likeness (QED) is 0.398. The molecule has 0 aromatic carbocycles. The minimum absolute atomic E-state index is 0.451. The van der Waals surface area contributed by atoms with Crippen LogP contribution < -0.4 is 0 Å². The van der Waals surface area contributed by atoms with E-state index in [0.717, 1.165) is 0 Å². The van der Waals surface area contributed by atoms with Crippen molar-refractivity contribution in [2.24, 2.45) is 0 Å². The van der Waals surface area contributed by atoms with Gasteiger partial charge in [-0.05, 0) is 39.3 Å². The summed E-state index contributed by atoms with van der Waals surface area (Å²) in [5, 5.41) is 0.